The molecule has 5 aromatic rings. The molecule has 6 heteroatoms. The van der Waals surface area contributed by atoms with Crippen LogP contribution >= 0.6 is 0 Å². The number of hydrogen-bond acceptors (Lipinski definition) is 5. The van der Waals surface area contributed by atoms with Crippen LogP contribution in [0.25, 0.3) is 16.7 Å². The Morgan fingerprint density at radius 3 is 2.36 bits per heavy atom. The molecule has 1 atom stereocenters. The Morgan fingerprint density at radius 1 is 0.818 bits per heavy atom. The van der Waals surface area contributed by atoms with Crippen molar-refractivity contribution in [3.05, 3.63) is 96.1 Å². The van der Waals surface area contributed by atoms with E-state index in [1.807, 2.05) is 6.07 Å². The molecular weight excluding hydrogens is 408 g/mol. The molecule has 2 aliphatic heterocycles. The first-order chi connectivity index (χ1) is 16.2. The highest BCUT2D eigenvalue weighted by atomic mass is 15.5. The monoisotopic (exact) mass is 430 g/mol. The number of fused-ring (bicyclic) bond motifs is 6. The van der Waals surface area contributed by atoms with Crippen LogP contribution in [0, 0.1) is 6.92 Å². The Hall–Kier alpha value is -4.19. The molecule has 3 aromatic carbocycles. The predicted octanol–water partition coefficient (Wildman–Crippen LogP) is 5.66. The van der Waals surface area contributed by atoms with Crippen molar-refractivity contribution in [3.8, 4) is 5.69 Å². The Kier molecular flexibility index (Phi) is 3.71. The highest BCUT2D eigenvalue weighted by Gasteiger charge is 2.38. The zero-order valence-corrected chi connectivity index (χ0v) is 18.5. The summed E-state index contributed by atoms with van der Waals surface area (Å²) in [6, 6.07) is 23.4. The summed E-state index contributed by atoms with van der Waals surface area (Å²) in [6.07, 6.45) is 4.42. The van der Waals surface area contributed by atoms with Crippen molar-refractivity contribution in [2.24, 2.45) is 0 Å². The van der Waals surface area contributed by atoms with Gasteiger partial charge in [0.05, 0.1) is 16.7 Å². The van der Waals surface area contributed by atoms with Crippen LogP contribution in [0.4, 0.5) is 23.0 Å². The molecule has 0 saturated carbocycles. The second-order valence-electron chi connectivity index (χ2n) is 8.71. The van der Waals surface area contributed by atoms with Gasteiger partial charge in [-0.2, -0.15) is 0 Å². The van der Waals surface area contributed by atoms with E-state index in [1.54, 1.807) is 12.4 Å². The van der Waals surface area contributed by atoms with Crippen molar-refractivity contribution >= 4 is 34.0 Å². The van der Waals surface area contributed by atoms with Crippen molar-refractivity contribution in [3.63, 3.8) is 0 Å². The average molecular weight is 431 g/mol. The minimum absolute atomic E-state index is 0.0242. The number of para-hydroxylation sites is 2. The number of rotatable bonds is 2. The van der Waals surface area contributed by atoms with Gasteiger partial charge in [-0.3, -0.25) is 4.57 Å². The van der Waals surface area contributed by atoms with Gasteiger partial charge in [0.2, 0.25) is 0 Å². The first kappa shape index (κ1) is 18.4. The van der Waals surface area contributed by atoms with Crippen LogP contribution in [0.2, 0.25) is 0 Å². The zero-order chi connectivity index (χ0) is 22.1. The lowest BCUT2D eigenvalue weighted by atomic mass is 10.1. The Balaban J connectivity index is 1.40. The molecule has 0 bridgehead atoms. The van der Waals surface area contributed by atoms with Crippen LogP contribution in [0.15, 0.2) is 79.1 Å². The number of aromatic nitrogens is 4. The van der Waals surface area contributed by atoms with E-state index in [-0.39, 0.29) is 6.17 Å². The Labute approximate surface area is 191 Å². The molecule has 0 fully saturated rings. The molecule has 2 aromatic heterocycles. The summed E-state index contributed by atoms with van der Waals surface area (Å²) < 4.78 is 2.30. The fourth-order valence-corrected chi connectivity index (χ4v) is 5.34. The maximum absolute atomic E-state index is 5.03. The van der Waals surface area contributed by atoms with Gasteiger partial charge in [0.15, 0.2) is 11.6 Å². The highest BCUT2D eigenvalue weighted by molar-refractivity contribution is 5.90. The smallest absolute Gasteiger partial charge is 0.178 e. The van der Waals surface area contributed by atoms with Crippen LogP contribution in [0.1, 0.15) is 23.9 Å². The van der Waals surface area contributed by atoms with E-state index in [0.717, 1.165) is 46.3 Å². The fourth-order valence-electron chi connectivity index (χ4n) is 5.34. The number of imidazole rings is 1. The SMILES string of the molecule is Cc1cc2c(cc1N1c3nccnc3N(c3ccccc3)[C@@H]1C)nc1n2-c2ccccc2C1. The third kappa shape index (κ3) is 2.52. The number of aryl methyl sites for hydroxylation is 1. The summed E-state index contributed by atoms with van der Waals surface area (Å²) in [5, 5.41) is 0. The molecule has 2 aliphatic rings. The van der Waals surface area contributed by atoms with Crippen LogP contribution < -0.4 is 9.80 Å². The van der Waals surface area contributed by atoms with E-state index in [2.05, 4.69) is 88.9 Å². The van der Waals surface area contributed by atoms with Gasteiger partial charge in [0.1, 0.15) is 12.0 Å². The van der Waals surface area contributed by atoms with Crippen LogP contribution in [-0.2, 0) is 6.42 Å². The van der Waals surface area contributed by atoms with Gasteiger partial charge < -0.3 is 9.80 Å². The van der Waals surface area contributed by atoms with Gasteiger partial charge in [-0.05, 0) is 55.3 Å². The first-order valence-electron chi connectivity index (χ1n) is 11.3. The number of nitrogens with zero attached hydrogens (tertiary/aromatic N) is 6. The van der Waals surface area contributed by atoms with Gasteiger partial charge in [-0.15, -0.1) is 0 Å². The van der Waals surface area contributed by atoms with E-state index in [0.29, 0.717) is 0 Å². The van der Waals surface area contributed by atoms with Crippen LogP contribution in [0.5, 0.6) is 0 Å². The van der Waals surface area contributed by atoms with Gasteiger partial charge >= 0.3 is 0 Å². The van der Waals surface area contributed by atoms with E-state index < -0.39 is 0 Å². The average Bonchev–Trinajstić information content (AvgIpc) is 3.46. The molecule has 0 spiro atoms. The van der Waals surface area contributed by atoms with E-state index in [9.17, 15) is 0 Å². The van der Waals surface area contributed by atoms with Crippen molar-refractivity contribution in [1.29, 1.82) is 0 Å². The minimum atomic E-state index is 0.0242. The van der Waals surface area contributed by atoms with Crippen molar-refractivity contribution in [1.82, 2.24) is 19.5 Å². The molecule has 0 radical (unpaired) electrons. The second-order valence-corrected chi connectivity index (χ2v) is 8.71. The van der Waals surface area contributed by atoms with Crippen molar-refractivity contribution < 1.29 is 0 Å². The molecule has 7 rings (SSSR count). The lowest BCUT2D eigenvalue weighted by molar-refractivity contribution is 0.753. The molecule has 0 aliphatic carbocycles. The third-order valence-electron chi connectivity index (χ3n) is 6.78. The molecule has 160 valence electrons. The maximum atomic E-state index is 5.03. The summed E-state index contributed by atoms with van der Waals surface area (Å²) in [5.41, 5.74) is 8.14. The number of anilines is 4. The van der Waals surface area contributed by atoms with Gasteiger partial charge in [0.25, 0.3) is 0 Å². The van der Waals surface area contributed by atoms with Crippen molar-refractivity contribution in [2.45, 2.75) is 26.4 Å². The summed E-state index contributed by atoms with van der Waals surface area (Å²) in [6.45, 7) is 4.37. The lowest BCUT2D eigenvalue weighted by Crippen LogP contribution is -2.35. The summed E-state index contributed by atoms with van der Waals surface area (Å²) in [7, 11) is 0. The van der Waals surface area contributed by atoms with Crippen LogP contribution in [-0.4, -0.2) is 25.7 Å². The normalized spacial score (nSPS) is 16.2. The fraction of sp³-hybridized carbons (Fsp3) is 0.148. The number of hydrogen-bond donors (Lipinski definition) is 0. The number of benzene rings is 3. The van der Waals surface area contributed by atoms with Gasteiger partial charge in [-0.1, -0.05) is 36.4 Å². The highest BCUT2D eigenvalue weighted by Crippen LogP contribution is 2.46. The molecule has 0 amide bonds. The van der Waals surface area contributed by atoms with Gasteiger partial charge in [-0.25, -0.2) is 15.0 Å². The third-order valence-corrected chi connectivity index (χ3v) is 6.78. The van der Waals surface area contributed by atoms with E-state index >= 15 is 0 Å². The largest absolute Gasteiger partial charge is 0.302 e. The Bertz CT molecular complexity index is 1540. The predicted molar refractivity (Wildman–Crippen MR) is 131 cm³/mol. The molecular formula is C27H22N6. The molecule has 4 heterocycles. The van der Waals surface area contributed by atoms with Gasteiger partial charge in [0, 0.05) is 30.2 Å². The molecule has 0 saturated heterocycles. The standard InChI is InChI=1S/C27H22N6/c1-17-14-24-21(30-25-15-19-8-6-7-11-22(19)33(24)25)16-23(17)32-18(2)31(20-9-4-3-5-10-20)26-27(32)29-13-12-28-26/h3-14,16,18H,15H2,1-2H3/t18-/m0/s1. The van der Waals surface area contributed by atoms with E-state index in [1.165, 1.54) is 16.8 Å². The summed E-state index contributed by atoms with van der Waals surface area (Å²) in [5.74, 6) is 2.84. The zero-order valence-electron chi connectivity index (χ0n) is 18.5. The molecule has 0 N–H and O–H groups in total. The summed E-state index contributed by atoms with van der Waals surface area (Å²) >= 11 is 0. The molecule has 33 heavy (non-hydrogen) atoms. The molecule has 6 nitrogen and oxygen atoms in total. The van der Waals surface area contributed by atoms with E-state index in [4.69, 9.17) is 15.0 Å². The second kappa shape index (κ2) is 6.65. The minimum Gasteiger partial charge on any atom is -0.302 e. The lowest BCUT2D eigenvalue weighted by Gasteiger charge is -2.30. The van der Waals surface area contributed by atoms with Crippen LogP contribution in [0.3, 0.4) is 0 Å². The van der Waals surface area contributed by atoms with Crippen molar-refractivity contribution in [2.75, 3.05) is 9.80 Å². The summed E-state index contributed by atoms with van der Waals surface area (Å²) in [4.78, 5) is 19.0. The topological polar surface area (TPSA) is 50.1 Å². The maximum Gasteiger partial charge on any atom is 0.178 e. The quantitative estimate of drug-likeness (QED) is 0.355. The first-order valence-corrected chi connectivity index (χ1v) is 11.3. The molecule has 0 unspecified atom stereocenters. The Morgan fingerprint density at radius 2 is 1.55 bits per heavy atom.